The van der Waals surface area contributed by atoms with Gasteiger partial charge in [-0.15, -0.1) is 0 Å². The largest absolute Gasteiger partial charge is 0.376 e. The van der Waals surface area contributed by atoms with Crippen molar-refractivity contribution in [2.45, 2.75) is 51.4 Å². The van der Waals surface area contributed by atoms with Crippen LogP contribution in [-0.4, -0.2) is 38.0 Å². The highest BCUT2D eigenvalue weighted by atomic mass is 16.2. The second kappa shape index (κ2) is 10.2. The molecule has 4 N–H and O–H groups in total. The van der Waals surface area contributed by atoms with E-state index in [-0.39, 0.29) is 12.5 Å². The molecule has 0 atom stereocenters. The Balaban J connectivity index is 1.51. The lowest BCUT2D eigenvalue weighted by Crippen LogP contribution is -2.32. The Hall–Kier alpha value is -2.50. The first kappa shape index (κ1) is 20.2. The van der Waals surface area contributed by atoms with Crippen LogP contribution in [0.15, 0.2) is 29.8 Å². The Bertz CT molecular complexity index is 723. The van der Waals surface area contributed by atoms with Crippen molar-refractivity contribution in [1.82, 2.24) is 5.32 Å². The number of anilines is 2. The number of rotatable bonds is 8. The highest BCUT2D eigenvalue weighted by molar-refractivity contribution is 6.00. The number of primary amides is 1. The molecule has 0 bridgehead atoms. The number of piperidine rings is 1. The van der Waals surface area contributed by atoms with Crippen molar-refractivity contribution in [2.75, 3.05) is 36.4 Å². The molecule has 1 aliphatic heterocycles. The van der Waals surface area contributed by atoms with Gasteiger partial charge < -0.3 is 21.3 Å². The molecule has 1 fully saturated rings. The lowest BCUT2D eigenvalue weighted by atomic mass is 9.97. The van der Waals surface area contributed by atoms with Crippen LogP contribution in [0.5, 0.6) is 0 Å². The first-order valence-electron chi connectivity index (χ1n) is 10.5. The molecular weight excluding hydrogens is 352 g/mol. The number of benzene rings is 1. The third-order valence-corrected chi connectivity index (χ3v) is 5.58. The average Bonchev–Trinajstić information content (AvgIpc) is 2.73. The Morgan fingerprint density at radius 2 is 1.89 bits per heavy atom. The van der Waals surface area contributed by atoms with Gasteiger partial charge >= 0.3 is 0 Å². The summed E-state index contributed by atoms with van der Waals surface area (Å²) in [5, 5.41) is 6.01. The molecule has 152 valence electrons. The molecule has 0 spiro atoms. The number of nitrogens with zero attached hydrogens (tertiary/aromatic N) is 1. The Morgan fingerprint density at radius 1 is 1.07 bits per heavy atom. The summed E-state index contributed by atoms with van der Waals surface area (Å²) in [5.41, 5.74) is 9.09. The van der Waals surface area contributed by atoms with E-state index in [4.69, 9.17) is 5.73 Å². The van der Waals surface area contributed by atoms with E-state index in [1.807, 2.05) is 18.2 Å². The smallest absolute Gasteiger partial charge is 0.250 e. The number of hydrogen-bond donors (Lipinski definition) is 3. The van der Waals surface area contributed by atoms with Gasteiger partial charge in [0.25, 0.3) is 5.91 Å². The summed E-state index contributed by atoms with van der Waals surface area (Å²) in [6, 6.07) is 5.68. The zero-order valence-corrected chi connectivity index (χ0v) is 16.6. The maximum absolute atomic E-state index is 12.1. The fraction of sp³-hybridized carbons (Fsp3) is 0.545. The highest BCUT2D eigenvalue weighted by Gasteiger charge is 2.15. The van der Waals surface area contributed by atoms with Crippen LogP contribution in [0, 0.1) is 0 Å². The maximum Gasteiger partial charge on any atom is 0.250 e. The molecule has 6 heteroatoms. The molecule has 3 rings (SSSR count). The highest BCUT2D eigenvalue weighted by Crippen LogP contribution is 2.25. The molecule has 1 aliphatic carbocycles. The number of allylic oxidation sites excluding steroid dienone is 1. The van der Waals surface area contributed by atoms with Gasteiger partial charge in [-0.3, -0.25) is 9.59 Å². The number of carbonyl (C=O) groups is 2. The van der Waals surface area contributed by atoms with E-state index in [1.165, 1.54) is 37.7 Å². The van der Waals surface area contributed by atoms with Gasteiger partial charge in [0.15, 0.2) is 0 Å². The molecule has 0 unspecified atom stereocenters. The third kappa shape index (κ3) is 5.75. The molecule has 2 amide bonds. The Morgan fingerprint density at radius 3 is 2.61 bits per heavy atom. The first-order valence-corrected chi connectivity index (χ1v) is 10.5. The molecule has 1 aromatic carbocycles. The topological polar surface area (TPSA) is 87.5 Å². The monoisotopic (exact) mass is 384 g/mol. The van der Waals surface area contributed by atoms with Gasteiger partial charge in [-0.05, 0) is 69.6 Å². The van der Waals surface area contributed by atoms with Crippen molar-refractivity contribution in [1.29, 1.82) is 0 Å². The summed E-state index contributed by atoms with van der Waals surface area (Å²) in [7, 11) is 0. The number of amides is 2. The van der Waals surface area contributed by atoms with Gasteiger partial charge in [-0.2, -0.15) is 0 Å². The van der Waals surface area contributed by atoms with E-state index in [0.29, 0.717) is 17.8 Å². The summed E-state index contributed by atoms with van der Waals surface area (Å²) in [6.45, 7) is 2.79. The van der Waals surface area contributed by atoms with Crippen LogP contribution in [0.2, 0.25) is 0 Å². The second-order valence-electron chi connectivity index (χ2n) is 7.70. The molecule has 1 saturated heterocycles. The minimum Gasteiger partial charge on any atom is -0.376 e. The quantitative estimate of drug-likeness (QED) is 0.601. The zero-order valence-electron chi connectivity index (χ0n) is 16.6. The van der Waals surface area contributed by atoms with Crippen molar-refractivity contribution in [3.63, 3.8) is 0 Å². The third-order valence-electron chi connectivity index (χ3n) is 5.58. The predicted octanol–water partition coefficient (Wildman–Crippen LogP) is 3.19. The van der Waals surface area contributed by atoms with Crippen molar-refractivity contribution in [3.8, 4) is 0 Å². The fourth-order valence-electron chi connectivity index (χ4n) is 3.97. The van der Waals surface area contributed by atoms with Crippen molar-refractivity contribution < 1.29 is 9.59 Å². The Labute approximate surface area is 167 Å². The number of carbonyl (C=O) groups excluding carboxylic acids is 2. The van der Waals surface area contributed by atoms with E-state index in [9.17, 15) is 9.59 Å². The molecular formula is C22H32N4O2. The molecule has 1 aromatic rings. The standard InChI is InChI=1S/C22H32N4O2/c23-22(28)19-15-18(26-13-5-2-6-14-26)9-10-20(19)25-16-21(27)24-12-11-17-7-3-1-4-8-17/h7,9-10,15,25H,1-6,8,11-14,16H2,(H2,23,28)(H,24,27). The van der Waals surface area contributed by atoms with Gasteiger partial charge in [0.2, 0.25) is 5.91 Å². The second-order valence-corrected chi connectivity index (χ2v) is 7.70. The van der Waals surface area contributed by atoms with Crippen LogP contribution < -0.4 is 21.3 Å². The van der Waals surface area contributed by atoms with E-state index in [0.717, 1.165) is 38.0 Å². The molecule has 2 aliphatic rings. The van der Waals surface area contributed by atoms with Gasteiger partial charge in [-0.1, -0.05) is 11.6 Å². The zero-order chi connectivity index (χ0) is 19.8. The van der Waals surface area contributed by atoms with Crippen LogP contribution in [0.25, 0.3) is 0 Å². The van der Waals surface area contributed by atoms with Crippen LogP contribution in [0.4, 0.5) is 11.4 Å². The van der Waals surface area contributed by atoms with Gasteiger partial charge in [0, 0.05) is 31.0 Å². The summed E-state index contributed by atoms with van der Waals surface area (Å²) < 4.78 is 0. The normalized spacial score (nSPS) is 17.0. The average molecular weight is 385 g/mol. The Kier molecular flexibility index (Phi) is 7.34. The lowest BCUT2D eigenvalue weighted by Gasteiger charge is -2.29. The molecule has 0 aromatic heterocycles. The van der Waals surface area contributed by atoms with Crippen LogP contribution in [0.1, 0.15) is 61.7 Å². The van der Waals surface area contributed by atoms with E-state index >= 15 is 0 Å². The SMILES string of the molecule is NC(=O)c1cc(N2CCCCC2)ccc1NCC(=O)NCCC1=CCCCC1. The number of hydrogen-bond acceptors (Lipinski definition) is 4. The van der Waals surface area contributed by atoms with Crippen LogP contribution in [0.3, 0.4) is 0 Å². The van der Waals surface area contributed by atoms with E-state index in [2.05, 4.69) is 21.6 Å². The van der Waals surface area contributed by atoms with Crippen LogP contribution >= 0.6 is 0 Å². The minimum atomic E-state index is -0.481. The van der Waals surface area contributed by atoms with E-state index in [1.54, 1.807) is 0 Å². The maximum atomic E-state index is 12.1. The number of nitrogens with two attached hydrogens (primary N) is 1. The van der Waals surface area contributed by atoms with Gasteiger partial charge in [0.05, 0.1) is 12.1 Å². The summed E-state index contributed by atoms with van der Waals surface area (Å²) in [5.74, 6) is -0.557. The molecule has 0 saturated carbocycles. The summed E-state index contributed by atoms with van der Waals surface area (Å²) >= 11 is 0. The molecule has 0 radical (unpaired) electrons. The predicted molar refractivity (Wildman–Crippen MR) is 114 cm³/mol. The molecule has 1 heterocycles. The molecule has 28 heavy (non-hydrogen) atoms. The molecule has 6 nitrogen and oxygen atoms in total. The minimum absolute atomic E-state index is 0.0769. The van der Waals surface area contributed by atoms with Crippen LogP contribution in [-0.2, 0) is 4.79 Å². The van der Waals surface area contributed by atoms with Gasteiger partial charge in [0.1, 0.15) is 0 Å². The first-order chi connectivity index (χ1) is 13.6. The van der Waals surface area contributed by atoms with E-state index < -0.39 is 5.91 Å². The summed E-state index contributed by atoms with van der Waals surface area (Å²) in [6.07, 6.45) is 11.7. The lowest BCUT2D eigenvalue weighted by molar-refractivity contribution is -0.119. The van der Waals surface area contributed by atoms with Crippen molar-refractivity contribution in [2.24, 2.45) is 5.73 Å². The van der Waals surface area contributed by atoms with Crippen molar-refractivity contribution in [3.05, 3.63) is 35.4 Å². The number of nitrogens with one attached hydrogen (secondary N) is 2. The van der Waals surface area contributed by atoms with Crippen molar-refractivity contribution >= 4 is 23.2 Å². The van der Waals surface area contributed by atoms with Gasteiger partial charge in [-0.25, -0.2) is 0 Å². The fourth-order valence-corrected chi connectivity index (χ4v) is 3.97. The summed E-state index contributed by atoms with van der Waals surface area (Å²) in [4.78, 5) is 26.3.